The third kappa shape index (κ3) is 11.6. The van der Waals surface area contributed by atoms with Gasteiger partial charge in [-0.3, -0.25) is 9.59 Å². The molecule has 1 aromatic carbocycles. The normalized spacial score (nSPS) is 16.3. The number of hydrogen-bond acceptors (Lipinski definition) is 6. The number of ether oxygens (including phenoxy) is 1. The SMILES string of the molecule is CC.CC(=O)c1cc(OC2CC3(CCNCC3)C2)ccc1C.CC=O.CNC(=O)C(C)CCC=O. The molecule has 2 aliphatic rings. The molecule has 1 amide bonds. The molecule has 0 aromatic heterocycles. The Labute approximate surface area is 211 Å². The number of Topliss-reactive ketones (excluding diaryl/α,β-unsaturated/α-hetero) is 1. The van der Waals surface area contributed by atoms with E-state index >= 15 is 0 Å². The number of nitrogens with one attached hydrogen (secondary N) is 2. The molecule has 1 aromatic rings. The second-order valence-electron chi connectivity index (χ2n) is 8.93. The van der Waals surface area contributed by atoms with E-state index in [1.54, 1.807) is 14.0 Å². The molecule has 198 valence electrons. The van der Waals surface area contributed by atoms with E-state index in [2.05, 4.69) is 10.6 Å². The van der Waals surface area contributed by atoms with Crippen molar-refractivity contribution in [3.05, 3.63) is 29.3 Å². The average molecular weight is 491 g/mol. The van der Waals surface area contributed by atoms with E-state index < -0.39 is 0 Å². The van der Waals surface area contributed by atoms with Gasteiger partial charge in [-0.25, -0.2) is 0 Å². The quantitative estimate of drug-likeness (QED) is 0.425. The van der Waals surface area contributed by atoms with Gasteiger partial charge in [0.05, 0.1) is 6.10 Å². The molecule has 1 saturated heterocycles. The first-order valence-corrected chi connectivity index (χ1v) is 12.8. The fourth-order valence-corrected chi connectivity index (χ4v) is 4.30. The van der Waals surface area contributed by atoms with Gasteiger partial charge in [0.15, 0.2) is 5.78 Å². The van der Waals surface area contributed by atoms with Gasteiger partial charge in [0, 0.05) is 24.9 Å². The summed E-state index contributed by atoms with van der Waals surface area (Å²) in [5, 5.41) is 5.94. The predicted molar refractivity (Wildman–Crippen MR) is 141 cm³/mol. The molecule has 7 nitrogen and oxygen atoms in total. The molecule has 7 heteroatoms. The minimum absolute atomic E-state index is 0.00171. The first-order chi connectivity index (χ1) is 16.7. The molecule has 3 rings (SSSR count). The van der Waals surface area contributed by atoms with Gasteiger partial charge in [-0.15, -0.1) is 0 Å². The standard InChI is InChI=1S/C17H23NO2.C7H13NO2.C2H4O.C2H6/c1-12-3-4-14(9-16(12)13(2)19)20-15-10-17(11-15)5-7-18-8-6-17;1-6(4-3-5-9)7(10)8-2;1-2-3;1-2/h3-4,9,15,18H,5-8,10-11H2,1-2H3;5-6H,3-4H2,1-2H3,(H,8,10);2H,1H3;1-2H3. The van der Waals surface area contributed by atoms with Crippen LogP contribution in [0.3, 0.4) is 0 Å². The molecular weight excluding hydrogens is 444 g/mol. The van der Waals surface area contributed by atoms with Crippen molar-refractivity contribution in [1.29, 1.82) is 0 Å². The highest BCUT2D eigenvalue weighted by atomic mass is 16.5. The topological polar surface area (TPSA) is 102 Å². The first-order valence-electron chi connectivity index (χ1n) is 12.8. The van der Waals surface area contributed by atoms with E-state index in [1.165, 1.54) is 19.8 Å². The van der Waals surface area contributed by atoms with Crippen LogP contribution in [0.1, 0.15) is 89.1 Å². The molecule has 1 spiro atoms. The summed E-state index contributed by atoms with van der Waals surface area (Å²) in [5.41, 5.74) is 2.33. The Balaban J connectivity index is 0.000000653. The van der Waals surface area contributed by atoms with Crippen LogP contribution >= 0.6 is 0 Å². The van der Waals surface area contributed by atoms with Gasteiger partial charge < -0.3 is 25.0 Å². The van der Waals surface area contributed by atoms with Crippen LogP contribution in [0.2, 0.25) is 0 Å². The lowest BCUT2D eigenvalue weighted by molar-refractivity contribution is -0.124. The lowest BCUT2D eigenvalue weighted by atomic mass is 9.62. The highest BCUT2D eigenvalue weighted by Gasteiger charge is 2.45. The highest BCUT2D eigenvalue weighted by Crippen LogP contribution is 2.49. The average Bonchev–Trinajstić information content (AvgIpc) is 2.84. The summed E-state index contributed by atoms with van der Waals surface area (Å²) in [6, 6.07) is 5.85. The zero-order chi connectivity index (χ0) is 26.9. The lowest BCUT2D eigenvalue weighted by Crippen LogP contribution is -2.49. The number of ketones is 1. The molecule has 1 saturated carbocycles. The molecule has 35 heavy (non-hydrogen) atoms. The van der Waals surface area contributed by atoms with Crippen molar-refractivity contribution in [3.8, 4) is 5.75 Å². The Kier molecular flexibility index (Phi) is 16.5. The van der Waals surface area contributed by atoms with E-state index in [0.717, 1.165) is 55.4 Å². The fourth-order valence-electron chi connectivity index (χ4n) is 4.30. The maximum absolute atomic E-state index is 11.6. The van der Waals surface area contributed by atoms with Crippen molar-refractivity contribution in [3.63, 3.8) is 0 Å². The molecule has 1 aliphatic carbocycles. The number of carbonyl (C=O) groups excluding carboxylic acids is 4. The van der Waals surface area contributed by atoms with Gasteiger partial charge in [0.1, 0.15) is 18.3 Å². The molecule has 0 radical (unpaired) electrons. The van der Waals surface area contributed by atoms with Gasteiger partial charge >= 0.3 is 0 Å². The van der Waals surface area contributed by atoms with Crippen molar-refractivity contribution >= 4 is 24.3 Å². The summed E-state index contributed by atoms with van der Waals surface area (Å²) < 4.78 is 6.05. The van der Waals surface area contributed by atoms with Crippen LogP contribution in [0.5, 0.6) is 5.75 Å². The fraction of sp³-hybridized carbons (Fsp3) is 0.643. The maximum Gasteiger partial charge on any atom is 0.222 e. The van der Waals surface area contributed by atoms with Crippen LogP contribution < -0.4 is 15.4 Å². The minimum atomic E-state index is -0.0461. The largest absolute Gasteiger partial charge is 0.490 e. The summed E-state index contributed by atoms with van der Waals surface area (Å²) in [6.45, 7) is 13.1. The van der Waals surface area contributed by atoms with Gasteiger partial charge in [0.2, 0.25) is 5.91 Å². The maximum atomic E-state index is 11.6. The van der Waals surface area contributed by atoms with Gasteiger partial charge in [-0.1, -0.05) is 26.8 Å². The third-order valence-corrected chi connectivity index (χ3v) is 6.29. The van der Waals surface area contributed by atoms with Gasteiger partial charge in [0.25, 0.3) is 0 Å². The second kappa shape index (κ2) is 17.8. The molecule has 1 aliphatic heterocycles. The van der Waals surface area contributed by atoms with Crippen LogP contribution in [-0.2, 0) is 14.4 Å². The molecule has 1 heterocycles. The highest BCUT2D eigenvalue weighted by molar-refractivity contribution is 5.95. The number of rotatable bonds is 7. The van der Waals surface area contributed by atoms with Crippen molar-refractivity contribution in [2.24, 2.45) is 11.3 Å². The Morgan fingerprint density at radius 1 is 1.20 bits per heavy atom. The molecular formula is C28H46N2O5. The van der Waals surface area contributed by atoms with E-state index in [-0.39, 0.29) is 17.6 Å². The van der Waals surface area contributed by atoms with E-state index in [9.17, 15) is 14.4 Å². The molecule has 2 N–H and O–H groups in total. The van der Waals surface area contributed by atoms with E-state index in [4.69, 9.17) is 9.53 Å². The number of carbonyl (C=O) groups is 4. The van der Waals surface area contributed by atoms with E-state index in [1.807, 2.05) is 45.9 Å². The van der Waals surface area contributed by atoms with Crippen LogP contribution in [0, 0.1) is 18.3 Å². The number of piperidine rings is 1. The van der Waals surface area contributed by atoms with Crippen molar-refractivity contribution < 1.29 is 23.9 Å². The number of amides is 1. The summed E-state index contributed by atoms with van der Waals surface area (Å²) in [6.07, 6.45) is 7.90. The van der Waals surface area contributed by atoms with Crippen molar-refractivity contribution in [2.75, 3.05) is 20.1 Å². The number of benzene rings is 1. The molecule has 1 unspecified atom stereocenters. The van der Waals surface area contributed by atoms with Crippen LogP contribution in [-0.4, -0.2) is 50.5 Å². The van der Waals surface area contributed by atoms with Crippen LogP contribution in [0.25, 0.3) is 0 Å². The zero-order valence-electron chi connectivity index (χ0n) is 22.7. The van der Waals surface area contributed by atoms with Gasteiger partial charge in [-0.2, -0.15) is 0 Å². The number of aryl methyl sites for hydroxylation is 1. The third-order valence-electron chi connectivity index (χ3n) is 6.29. The van der Waals surface area contributed by atoms with Gasteiger partial charge in [-0.05, 0) is 89.1 Å². The zero-order valence-corrected chi connectivity index (χ0v) is 22.7. The van der Waals surface area contributed by atoms with Crippen LogP contribution in [0.15, 0.2) is 18.2 Å². The first kappa shape index (κ1) is 32.5. The monoisotopic (exact) mass is 490 g/mol. The summed E-state index contributed by atoms with van der Waals surface area (Å²) >= 11 is 0. The summed E-state index contributed by atoms with van der Waals surface area (Å²) in [7, 11) is 1.60. The van der Waals surface area contributed by atoms with Crippen LogP contribution in [0.4, 0.5) is 0 Å². The smallest absolute Gasteiger partial charge is 0.222 e. The van der Waals surface area contributed by atoms with Crippen molar-refractivity contribution in [1.82, 2.24) is 10.6 Å². The van der Waals surface area contributed by atoms with E-state index in [0.29, 0.717) is 24.4 Å². The number of hydrogen-bond donors (Lipinski definition) is 2. The lowest BCUT2D eigenvalue weighted by Gasteiger charge is -2.49. The Hall–Kier alpha value is -2.54. The Morgan fingerprint density at radius 2 is 1.77 bits per heavy atom. The Bertz CT molecular complexity index is 780. The predicted octanol–water partition coefficient (Wildman–Crippen LogP) is 4.69. The molecule has 0 bridgehead atoms. The summed E-state index contributed by atoms with van der Waals surface area (Å²) in [5.74, 6) is 0.906. The summed E-state index contributed by atoms with van der Waals surface area (Å²) in [4.78, 5) is 41.1. The minimum Gasteiger partial charge on any atom is -0.490 e. The molecule has 1 atom stereocenters. The van der Waals surface area contributed by atoms with Crippen molar-refractivity contribution in [2.45, 2.75) is 86.2 Å². The number of aldehydes is 2. The second-order valence-corrected chi connectivity index (χ2v) is 8.93. The molecule has 2 fully saturated rings. The Morgan fingerprint density at radius 3 is 2.26 bits per heavy atom.